The molecular weight excluding hydrogens is 250 g/mol. The molecule has 1 saturated carbocycles. The maximum absolute atomic E-state index is 13.2. The number of anilines is 1. The van der Waals surface area contributed by atoms with E-state index in [0.29, 0.717) is 18.4 Å². The fraction of sp³-hybridized carbons (Fsp3) is 0.417. The molecule has 1 aliphatic heterocycles. The highest BCUT2D eigenvalue weighted by Gasteiger charge is 2.60. The van der Waals surface area contributed by atoms with Gasteiger partial charge in [0.1, 0.15) is 12.4 Å². The second kappa shape index (κ2) is 3.24. The normalized spacial score (nSPS) is 20.4. The summed E-state index contributed by atoms with van der Waals surface area (Å²) in [6.07, 6.45) is -3.46. The molecule has 0 radical (unpaired) electrons. The van der Waals surface area contributed by atoms with E-state index in [9.17, 15) is 22.4 Å². The number of benzene rings is 1. The van der Waals surface area contributed by atoms with Crippen LogP contribution < -0.4 is 4.90 Å². The molecule has 1 aromatic rings. The zero-order valence-electron chi connectivity index (χ0n) is 9.22. The van der Waals surface area contributed by atoms with Crippen molar-refractivity contribution in [2.75, 3.05) is 11.4 Å². The van der Waals surface area contributed by atoms with Crippen LogP contribution in [0.15, 0.2) is 18.2 Å². The molecule has 2 aliphatic rings. The summed E-state index contributed by atoms with van der Waals surface area (Å²) in [6, 6.07) is 3.51. The van der Waals surface area contributed by atoms with Gasteiger partial charge >= 0.3 is 6.18 Å². The van der Waals surface area contributed by atoms with Crippen LogP contribution in [0.1, 0.15) is 18.4 Å². The largest absolute Gasteiger partial charge is 0.406 e. The van der Waals surface area contributed by atoms with Crippen molar-refractivity contribution in [1.82, 2.24) is 0 Å². The first kappa shape index (κ1) is 11.5. The van der Waals surface area contributed by atoms with Gasteiger partial charge in [-0.25, -0.2) is 4.39 Å². The summed E-state index contributed by atoms with van der Waals surface area (Å²) >= 11 is 0. The Balaban J connectivity index is 2.07. The molecule has 0 bridgehead atoms. The van der Waals surface area contributed by atoms with Crippen LogP contribution in [0, 0.1) is 5.82 Å². The number of nitrogens with zero attached hydrogens (tertiary/aromatic N) is 1. The SMILES string of the molecule is O=C1N(CC(F)(F)F)c2ccc(F)cc2C12CC2. The van der Waals surface area contributed by atoms with Gasteiger partial charge in [-0.05, 0) is 36.6 Å². The molecule has 2 nitrogen and oxygen atoms in total. The Morgan fingerprint density at radius 3 is 2.50 bits per heavy atom. The standard InChI is InChI=1S/C12H9F4NO/c13-7-1-2-9-8(5-7)11(3-4-11)10(18)17(9)6-12(14,15)16/h1-2,5H,3-4,6H2. The van der Waals surface area contributed by atoms with E-state index in [1.54, 1.807) is 0 Å². The summed E-state index contributed by atoms with van der Waals surface area (Å²) in [4.78, 5) is 12.8. The lowest BCUT2D eigenvalue weighted by Crippen LogP contribution is -2.39. The van der Waals surface area contributed by atoms with Crippen molar-refractivity contribution in [3.8, 4) is 0 Å². The van der Waals surface area contributed by atoms with Crippen LogP contribution in [-0.4, -0.2) is 18.6 Å². The first-order chi connectivity index (χ1) is 8.33. The van der Waals surface area contributed by atoms with Gasteiger partial charge in [-0.3, -0.25) is 4.79 Å². The Morgan fingerprint density at radius 2 is 1.94 bits per heavy atom. The van der Waals surface area contributed by atoms with Gasteiger partial charge in [0.25, 0.3) is 0 Å². The minimum atomic E-state index is -4.46. The van der Waals surface area contributed by atoms with E-state index in [1.165, 1.54) is 12.1 Å². The first-order valence-corrected chi connectivity index (χ1v) is 5.52. The van der Waals surface area contributed by atoms with Gasteiger partial charge in [-0.1, -0.05) is 0 Å². The second-order valence-electron chi connectivity index (χ2n) is 4.75. The summed E-state index contributed by atoms with van der Waals surface area (Å²) in [6.45, 7) is -1.31. The molecule has 3 rings (SSSR count). The van der Waals surface area contributed by atoms with Gasteiger partial charge in [-0.2, -0.15) is 13.2 Å². The maximum atomic E-state index is 13.2. The monoisotopic (exact) mass is 259 g/mol. The molecular formula is C12H9F4NO. The predicted molar refractivity (Wildman–Crippen MR) is 55.7 cm³/mol. The number of halogens is 4. The molecule has 0 atom stereocenters. The van der Waals surface area contributed by atoms with Gasteiger partial charge in [0.15, 0.2) is 0 Å². The fourth-order valence-electron chi connectivity index (χ4n) is 2.55. The van der Waals surface area contributed by atoms with Gasteiger partial charge < -0.3 is 4.90 Å². The van der Waals surface area contributed by atoms with Crippen LogP contribution in [0.3, 0.4) is 0 Å². The third-order valence-electron chi connectivity index (χ3n) is 3.51. The molecule has 1 amide bonds. The minimum Gasteiger partial charge on any atom is -0.302 e. The number of amides is 1. The van der Waals surface area contributed by atoms with Gasteiger partial charge in [0, 0.05) is 5.69 Å². The summed E-state index contributed by atoms with van der Waals surface area (Å²) in [5, 5.41) is 0. The highest BCUT2D eigenvalue weighted by molar-refractivity contribution is 6.10. The zero-order chi connectivity index (χ0) is 13.1. The number of hydrogen-bond acceptors (Lipinski definition) is 1. The zero-order valence-corrected chi connectivity index (χ0v) is 9.22. The van der Waals surface area contributed by atoms with E-state index in [0.717, 1.165) is 11.0 Å². The lowest BCUT2D eigenvalue weighted by molar-refractivity contribution is -0.132. The Morgan fingerprint density at radius 1 is 1.28 bits per heavy atom. The van der Waals surface area contributed by atoms with Crippen LogP contribution in [-0.2, 0) is 10.2 Å². The van der Waals surface area contributed by atoms with Crippen LogP contribution in [0.2, 0.25) is 0 Å². The van der Waals surface area contributed by atoms with E-state index in [2.05, 4.69) is 0 Å². The lowest BCUT2D eigenvalue weighted by atomic mass is 9.98. The molecule has 0 N–H and O–H groups in total. The van der Waals surface area contributed by atoms with Crippen molar-refractivity contribution < 1.29 is 22.4 Å². The Hall–Kier alpha value is -1.59. The lowest BCUT2D eigenvalue weighted by Gasteiger charge is -2.19. The van der Waals surface area contributed by atoms with Crippen molar-refractivity contribution in [1.29, 1.82) is 0 Å². The highest BCUT2D eigenvalue weighted by atomic mass is 19.4. The molecule has 1 heterocycles. The van der Waals surface area contributed by atoms with Gasteiger partial charge in [0.2, 0.25) is 5.91 Å². The van der Waals surface area contributed by atoms with Crippen molar-refractivity contribution in [2.45, 2.75) is 24.4 Å². The molecule has 18 heavy (non-hydrogen) atoms. The van der Waals surface area contributed by atoms with E-state index in [1.807, 2.05) is 0 Å². The Labute approximate surface area is 100 Å². The molecule has 1 fully saturated rings. The highest BCUT2D eigenvalue weighted by Crippen LogP contribution is 2.57. The third-order valence-corrected chi connectivity index (χ3v) is 3.51. The van der Waals surface area contributed by atoms with E-state index in [4.69, 9.17) is 0 Å². The summed E-state index contributed by atoms with van der Waals surface area (Å²) in [7, 11) is 0. The van der Waals surface area contributed by atoms with Gasteiger partial charge in [-0.15, -0.1) is 0 Å². The number of hydrogen-bond donors (Lipinski definition) is 0. The molecule has 1 aliphatic carbocycles. The van der Waals surface area contributed by atoms with E-state index < -0.39 is 29.9 Å². The topological polar surface area (TPSA) is 20.3 Å². The molecule has 1 aromatic carbocycles. The Kier molecular flexibility index (Phi) is 2.07. The van der Waals surface area contributed by atoms with Crippen LogP contribution in [0.25, 0.3) is 0 Å². The average molecular weight is 259 g/mol. The van der Waals surface area contributed by atoms with Crippen molar-refractivity contribution in [3.63, 3.8) is 0 Å². The fourth-order valence-corrected chi connectivity index (χ4v) is 2.55. The van der Waals surface area contributed by atoms with Crippen LogP contribution in [0.4, 0.5) is 23.2 Å². The molecule has 0 aromatic heterocycles. The first-order valence-electron chi connectivity index (χ1n) is 5.52. The van der Waals surface area contributed by atoms with Crippen molar-refractivity contribution in [2.24, 2.45) is 0 Å². The minimum absolute atomic E-state index is 0.191. The predicted octanol–water partition coefficient (Wildman–Crippen LogP) is 2.77. The smallest absolute Gasteiger partial charge is 0.302 e. The summed E-state index contributed by atoms with van der Waals surface area (Å²) in [5.41, 5.74) is -0.296. The van der Waals surface area contributed by atoms with Crippen molar-refractivity contribution in [3.05, 3.63) is 29.6 Å². The van der Waals surface area contributed by atoms with Gasteiger partial charge in [0.05, 0.1) is 5.41 Å². The molecule has 0 unspecified atom stereocenters. The van der Waals surface area contributed by atoms with Crippen LogP contribution >= 0.6 is 0 Å². The third kappa shape index (κ3) is 1.51. The maximum Gasteiger partial charge on any atom is 0.406 e. The molecule has 0 saturated heterocycles. The number of carbonyl (C=O) groups is 1. The molecule has 96 valence electrons. The quantitative estimate of drug-likeness (QED) is 0.710. The number of rotatable bonds is 1. The number of fused-ring (bicyclic) bond motifs is 2. The molecule has 6 heteroatoms. The number of alkyl halides is 3. The van der Waals surface area contributed by atoms with Crippen LogP contribution in [0.5, 0.6) is 0 Å². The summed E-state index contributed by atoms with van der Waals surface area (Å²) < 4.78 is 50.5. The van der Waals surface area contributed by atoms with E-state index >= 15 is 0 Å². The average Bonchev–Trinajstić information content (AvgIpc) is 3.01. The molecule has 1 spiro atoms. The van der Waals surface area contributed by atoms with E-state index in [-0.39, 0.29) is 5.69 Å². The number of carbonyl (C=O) groups excluding carboxylic acids is 1. The summed E-state index contributed by atoms with van der Waals surface area (Å²) in [5.74, 6) is -1.08. The van der Waals surface area contributed by atoms with Crippen molar-refractivity contribution >= 4 is 11.6 Å². The second-order valence-corrected chi connectivity index (χ2v) is 4.75. The Bertz CT molecular complexity index is 533.